The summed E-state index contributed by atoms with van der Waals surface area (Å²) in [5.41, 5.74) is 0. The zero-order valence-corrected chi connectivity index (χ0v) is 6.43. The van der Waals surface area contributed by atoms with E-state index in [1.54, 1.807) is 0 Å². The summed E-state index contributed by atoms with van der Waals surface area (Å²) in [5, 5.41) is 2.12. The first kappa shape index (κ1) is 6.87. The highest BCUT2D eigenvalue weighted by atomic mass is 33.1. The van der Waals surface area contributed by atoms with Gasteiger partial charge in [-0.05, 0) is 5.41 Å². The molecule has 3 heteroatoms. The Morgan fingerprint density at radius 3 is 2.50 bits per heavy atom. The van der Waals surface area contributed by atoms with E-state index in [0.29, 0.717) is 0 Å². The summed E-state index contributed by atoms with van der Waals surface area (Å²) in [6, 6.07) is 0. The third-order valence-electron chi connectivity index (χ3n) is 0.384. The molecule has 0 saturated carbocycles. The van der Waals surface area contributed by atoms with Gasteiger partial charge in [0.2, 0.25) is 0 Å². The maximum Gasteiger partial charge on any atom is 0.0229 e. The summed E-state index contributed by atoms with van der Waals surface area (Å²) in [7, 11) is 3.69. The molecule has 0 radical (unpaired) electrons. The van der Waals surface area contributed by atoms with Crippen LogP contribution in [0.1, 0.15) is 0 Å². The van der Waals surface area contributed by atoms with Crippen LogP contribution in [0.15, 0.2) is 11.5 Å². The maximum absolute atomic E-state index is 2.16. The van der Waals surface area contributed by atoms with Crippen LogP contribution in [0.3, 0.4) is 0 Å². The van der Waals surface area contributed by atoms with Crippen molar-refractivity contribution in [3.8, 4) is 0 Å². The molecule has 6 heavy (non-hydrogen) atoms. The second-order valence-electron chi connectivity index (χ2n) is 0.753. The van der Waals surface area contributed by atoms with Gasteiger partial charge in [0.25, 0.3) is 0 Å². The standard InChI is InChI=1S/C3H4S2.H3P/c1-2-4-5-3-1;/h1-2H,3H2;1H3. The van der Waals surface area contributed by atoms with Gasteiger partial charge in [-0.3, -0.25) is 0 Å². The summed E-state index contributed by atoms with van der Waals surface area (Å²) in [6.07, 6.45) is 2.16. The van der Waals surface area contributed by atoms with Gasteiger partial charge < -0.3 is 0 Å². The highest BCUT2D eigenvalue weighted by Crippen LogP contribution is 2.27. The molecular formula is C3H7PS2. The van der Waals surface area contributed by atoms with Gasteiger partial charge in [-0.2, -0.15) is 9.90 Å². The lowest BCUT2D eigenvalue weighted by molar-refractivity contribution is 1.85. The van der Waals surface area contributed by atoms with Crippen molar-refractivity contribution in [2.24, 2.45) is 0 Å². The molecular weight excluding hydrogens is 131 g/mol. The molecule has 1 rings (SSSR count). The summed E-state index contributed by atoms with van der Waals surface area (Å²) >= 11 is 0. The molecule has 0 amide bonds. The third-order valence-corrected chi connectivity index (χ3v) is 2.30. The van der Waals surface area contributed by atoms with Gasteiger partial charge in [-0.1, -0.05) is 27.7 Å². The van der Waals surface area contributed by atoms with Crippen LogP contribution < -0.4 is 0 Å². The molecule has 36 valence electrons. The fourth-order valence-corrected chi connectivity index (χ4v) is 1.77. The molecule has 1 aliphatic heterocycles. The SMILES string of the molecule is C1=CSSC1.P. The van der Waals surface area contributed by atoms with Gasteiger partial charge in [0.15, 0.2) is 0 Å². The first-order chi connectivity index (χ1) is 2.50. The molecule has 0 nitrogen and oxygen atoms in total. The predicted molar refractivity (Wildman–Crippen MR) is 40.3 cm³/mol. The molecule has 0 aliphatic carbocycles. The van der Waals surface area contributed by atoms with Crippen LogP contribution in [-0.4, -0.2) is 5.75 Å². The number of rotatable bonds is 0. The Labute approximate surface area is 49.2 Å². The lowest BCUT2D eigenvalue weighted by atomic mass is 10.8. The Balaban J connectivity index is 0.000000250. The normalized spacial score (nSPS) is 17.3. The van der Waals surface area contributed by atoms with Crippen LogP contribution in [-0.2, 0) is 0 Å². The van der Waals surface area contributed by atoms with E-state index in [-0.39, 0.29) is 9.90 Å². The quantitative estimate of drug-likeness (QED) is 0.370. The van der Waals surface area contributed by atoms with Crippen molar-refractivity contribution in [2.75, 3.05) is 5.75 Å². The lowest BCUT2D eigenvalue weighted by Gasteiger charge is -1.69. The van der Waals surface area contributed by atoms with Gasteiger partial charge in [0.05, 0.1) is 0 Å². The van der Waals surface area contributed by atoms with Crippen molar-refractivity contribution in [1.82, 2.24) is 0 Å². The molecule has 0 fully saturated rings. The highest BCUT2D eigenvalue weighted by Gasteiger charge is 1.85. The van der Waals surface area contributed by atoms with Crippen LogP contribution in [0.4, 0.5) is 0 Å². The van der Waals surface area contributed by atoms with Crippen molar-refractivity contribution >= 4 is 31.5 Å². The van der Waals surface area contributed by atoms with Crippen LogP contribution >= 0.6 is 31.5 Å². The monoisotopic (exact) mass is 138 g/mol. The summed E-state index contributed by atoms with van der Waals surface area (Å²) in [6.45, 7) is 0. The molecule has 0 aromatic heterocycles. The van der Waals surface area contributed by atoms with Crippen LogP contribution in [0.25, 0.3) is 0 Å². The number of hydrogen-bond donors (Lipinski definition) is 0. The van der Waals surface area contributed by atoms with Crippen LogP contribution in [0, 0.1) is 0 Å². The van der Waals surface area contributed by atoms with Crippen molar-refractivity contribution in [3.63, 3.8) is 0 Å². The Morgan fingerprint density at radius 2 is 2.33 bits per heavy atom. The molecule has 0 aromatic carbocycles. The highest BCUT2D eigenvalue weighted by molar-refractivity contribution is 8.78. The Kier molecular flexibility index (Phi) is 4.63. The Bertz CT molecular complexity index is 46.8. The fourth-order valence-electron chi connectivity index (χ4n) is 0.196. The van der Waals surface area contributed by atoms with E-state index in [4.69, 9.17) is 0 Å². The van der Waals surface area contributed by atoms with E-state index in [0.717, 1.165) is 0 Å². The zero-order chi connectivity index (χ0) is 3.54. The second kappa shape index (κ2) is 4.04. The topological polar surface area (TPSA) is 0 Å². The van der Waals surface area contributed by atoms with Crippen molar-refractivity contribution in [1.29, 1.82) is 0 Å². The molecule has 0 bridgehead atoms. The fraction of sp³-hybridized carbons (Fsp3) is 0.333. The van der Waals surface area contributed by atoms with E-state index >= 15 is 0 Å². The molecule has 0 aromatic rings. The number of hydrogen-bond acceptors (Lipinski definition) is 2. The first-order valence-electron chi connectivity index (χ1n) is 1.43. The molecule has 1 aliphatic rings. The van der Waals surface area contributed by atoms with E-state index in [1.807, 2.05) is 21.6 Å². The van der Waals surface area contributed by atoms with Gasteiger partial charge in [0.1, 0.15) is 0 Å². The minimum Gasteiger partial charge on any atom is -0.153 e. The van der Waals surface area contributed by atoms with E-state index in [1.165, 1.54) is 5.75 Å². The van der Waals surface area contributed by atoms with Gasteiger partial charge in [-0.25, -0.2) is 0 Å². The average molecular weight is 138 g/mol. The summed E-state index contributed by atoms with van der Waals surface area (Å²) < 4.78 is 0. The van der Waals surface area contributed by atoms with Gasteiger partial charge >= 0.3 is 0 Å². The van der Waals surface area contributed by atoms with Crippen molar-refractivity contribution in [2.45, 2.75) is 0 Å². The molecule has 1 atom stereocenters. The molecule has 1 unspecified atom stereocenters. The van der Waals surface area contributed by atoms with Gasteiger partial charge in [0, 0.05) is 5.75 Å². The molecule has 0 spiro atoms. The minimum absolute atomic E-state index is 0. The Morgan fingerprint density at radius 1 is 1.50 bits per heavy atom. The average Bonchev–Trinajstić information content (AvgIpc) is 1.76. The van der Waals surface area contributed by atoms with E-state index in [2.05, 4.69) is 11.5 Å². The molecule has 1 heterocycles. The van der Waals surface area contributed by atoms with Crippen LogP contribution in [0.5, 0.6) is 0 Å². The molecule has 0 N–H and O–H groups in total. The minimum atomic E-state index is 0. The van der Waals surface area contributed by atoms with E-state index < -0.39 is 0 Å². The first-order valence-corrected chi connectivity index (χ1v) is 3.81. The molecule has 0 saturated heterocycles. The largest absolute Gasteiger partial charge is 0.153 e. The second-order valence-corrected chi connectivity index (χ2v) is 3.07. The summed E-state index contributed by atoms with van der Waals surface area (Å²) in [4.78, 5) is 0. The van der Waals surface area contributed by atoms with Crippen LogP contribution in [0.2, 0.25) is 0 Å². The van der Waals surface area contributed by atoms with E-state index in [9.17, 15) is 0 Å². The lowest BCUT2D eigenvalue weighted by Crippen LogP contribution is -1.46. The third kappa shape index (κ3) is 2.12. The van der Waals surface area contributed by atoms with Gasteiger partial charge in [-0.15, -0.1) is 0 Å². The van der Waals surface area contributed by atoms with Crippen molar-refractivity contribution in [3.05, 3.63) is 11.5 Å². The predicted octanol–water partition coefficient (Wildman–Crippen LogP) is 1.95. The zero-order valence-electron chi connectivity index (χ0n) is 3.39. The smallest absolute Gasteiger partial charge is 0.0229 e. The summed E-state index contributed by atoms with van der Waals surface area (Å²) in [5.74, 6) is 1.20. The maximum atomic E-state index is 2.16. The Hall–Kier alpha value is 0.870. The van der Waals surface area contributed by atoms with Crippen molar-refractivity contribution < 1.29 is 0 Å².